The van der Waals surface area contributed by atoms with Crippen LogP contribution in [0.5, 0.6) is 0 Å². The lowest BCUT2D eigenvalue weighted by Gasteiger charge is -2.32. The maximum absolute atomic E-state index is 14.1. The lowest BCUT2D eigenvalue weighted by atomic mass is 10.1. The third kappa shape index (κ3) is 6.76. The summed E-state index contributed by atoms with van der Waals surface area (Å²) in [5.74, 6) is -0.548. The van der Waals surface area contributed by atoms with Crippen molar-refractivity contribution in [3.63, 3.8) is 0 Å². The molecule has 5 rings (SSSR count). The summed E-state index contributed by atoms with van der Waals surface area (Å²) in [5.41, 5.74) is 3.01. The van der Waals surface area contributed by atoms with E-state index in [1.807, 2.05) is 35.8 Å². The molecular formula is C31H40F2N6O2. The molecule has 1 aromatic heterocycles. The van der Waals surface area contributed by atoms with E-state index in [0.29, 0.717) is 73.3 Å². The minimum atomic E-state index is -0.622. The molecule has 2 fully saturated rings. The quantitative estimate of drug-likeness (QED) is 0.410. The van der Waals surface area contributed by atoms with E-state index in [1.165, 1.54) is 12.1 Å². The van der Waals surface area contributed by atoms with Crippen LogP contribution >= 0.6 is 0 Å². The summed E-state index contributed by atoms with van der Waals surface area (Å²) in [4.78, 5) is 32.2. The van der Waals surface area contributed by atoms with E-state index in [0.717, 1.165) is 31.4 Å². The van der Waals surface area contributed by atoms with Crippen LogP contribution in [0.4, 0.5) is 20.3 Å². The summed E-state index contributed by atoms with van der Waals surface area (Å²) >= 11 is 0. The molecule has 0 radical (unpaired) electrons. The normalized spacial score (nSPS) is 17.0. The van der Waals surface area contributed by atoms with Gasteiger partial charge in [-0.25, -0.2) is 13.8 Å². The SMILES string of the molecule is CC(C)N1CCCN(C(=O)c2cc(N(Cc3cc(F)cc(F)c3)C(C)C)c3nc(N4CCOCC4)cnc3c2)CC1. The Kier molecular flexibility index (Phi) is 8.99. The maximum atomic E-state index is 14.1. The molecule has 2 aliphatic rings. The summed E-state index contributed by atoms with van der Waals surface area (Å²) in [5, 5.41) is 0. The standard InChI is InChI=1S/C31H40F2N6O2/c1-21(2)36-6-5-7-38(9-8-36)31(40)24-16-27-30(35-29(19-34-27)37-10-12-41-13-11-37)28(17-24)39(22(3)4)20-23-14-25(32)18-26(33)15-23/h14-19,21-22H,5-13,20H2,1-4H3. The molecule has 0 N–H and O–H groups in total. The molecule has 0 saturated carbocycles. The molecule has 0 bridgehead atoms. The second-order valence-electron chi connectivity index (χ2n) is 11.5. The number of hydrogen-bond acceptors (Lipinski definition) is 7. The van der Waals surface area contributed by atoms with Crippen molar-refractivity contribution in [1.82, 2.24) is 19.8 Å². The van der Waals surface area contributed by atoms with Crippen molar-refractivity contribution < 1.29 is 18.3 Å². The Morgan fingerprint density at radius 2 is 1.68 bits per heavy atom. The van der Waals surface area contributed by atoms with Crippen molar-refractivity contribution in [1.29, 1.82) is 0 Å². The number of anilines is 2. The summed E-state index contributed by atoms with van der Waals surface area (Å²) in [6.07, 6.45) is 2.66. The molecule has 10 heteroatoms. The lowest BCUT2D eigenvalue weighted by Crippen LogP contribution is -2.37. The molecule has 41 heavy (non-hydrogen) atoms. The predicted molar refractivity (Wildman–Crippen MR) is 157 cm³/mol. The van der Waals surface area contributed by atoms with Crippen LogP contribution in [-0.4, -0.2) is 90.2 Å². The van der Waals surface area contributed by atoms with E-state index in [4.69, 9.17) is 14.7 Å². The van der Waals surface area contributed by atoms with E-state index in [9.17, 15) is 13.6 Å². The number of carbonyl (C=O) groups excluding carboxylic acids is 1. The van der Waals surface area contributed by atoms with Gasteiger partial charge >= 0.3 is 0 Å². The Balaban J connectivity index is 1.57. The highest BCUT2D eigenvalue weighted by atomic mass is 19.1. The topological polar surface area (TPSA) is 65.0 Å². The number of halogens is 2. The fourth-order valence-corrected chi connectivity index (χ4v) is 5.66. The van der Waals surface area contributed by atoms with Crippen LogP contribution in [0.3, 0.4) is 0 Å². The van der Waals surface area contributed by atoms with Crippen molar-refractivity contribution >= 4 is 28.4 Å². The molecule has 0 unspecified atom stereocenters. The Bertz CT molecular complexity index is 1360. The Labute approximate surface area is 240 Å². The number of amides is 1. The number of rotatable bonds is 7. The highest BCUT2D eigenvalue weighted by Gasteiger charge is 2.25. The average Bonchev–Trinajstić information content (AvgIpc) is 3.21. The van der Waals surface area contributed by atoms with E-state index in [-0.39, 0.29) is 18.5 Å². The number of fused-ring (bicyclic) bond motifs is 1. The number of hydrogen-bond donors (Lipinski definition) is 0. The molecule has 2 aliphatic heterocycles. The zero-order chi connectivity index (χ0) is 29.1. The summed E-state index contributed by atoms with van der Waals surface area (Å²) < 4.78 is 33.8. The molecular weight excluding hydrogens is 526 g/mol. The largest absolute Gasteiger partial charge is 0.378 e. The minimum absolute atomic E-state index is 0.0432. The van der Waals surface area contributed by atoms with E-state index >= 15 is 0 Å². The molecule has 1 amide bonds. The molecule has 2 saturated heterocycles. The van der Waals surface area contributed by atoms with Gasteiger partial charge in [0.15, 0.2) is 0 Å². The van der Waals surface area contributed by atoms with Gasteiger partial charge in [0.25, 0.3) is 5.91 Å². The third-order valence-corrected chi connectivity index (χ3v) is 7.95. The van der Waals surface area contributed by atoms with Gasteiger partial charge in [0.2, 0.25) is 0 Å². The summed E-state index contributed by atoms with van der Waals surface area (Å²) in [6.45, 7) is 14.4. The smallest absolute Gasteiger partial charge is 0.254 e. The van der Waals surface area contributed by atoms with Crippen LogP contribution in [0.2, 0.25) is 0 Å². The molecule has 220 valence electrons. The number of ether oxygens (including phenoxy) is 1. The molecule has 3 aromatic rings. The van der Waals surface area contributed by atoms with E-state index in [1.54, 1.807) is 6.20 Å². The number of carbonyl (C=O) groups is 1. The molecule has 8 nitrogen and oxygen atoms in total. The van der Waals surface area contributed by atoms with Gasteiger partial charge in [0.1, 0.15) is 23.0 Å². The van der Waals surface area contributed by atoms with Gasteiger partial charge in [-0.2, -0.15) is 0 Å². The minimum Gasteiger partial charge on any atom is -0.378 e. The molecule has 0 aliphatic carbocycles. The predicted octanol–water partition coefficient (Wildman–Crippen LogP) is 4.72. The van der Waals surface area contributed by atoms with Gasteiger partial charge in [-0.05, 0) is 63.9 Å². The van der Waals surface area contributed by atoms with Gasteiger partial charge in [-0.1, -0.05) is 0 Å². The molecule has 3 heterocycles. The first-order valence-electron chi connectivity index (χ1n) is 14.6. The summed E-state index contributed by atoms with van der Waals surface area (Å²) in [6, 6.07) is 7.64. The first-order valence-corrected chi connectivity index (χ1v) is 14.6. The molecule has 2 aromatic carbocycles. The van der Waals surface area contributed by atoms with Gasteiger partial charge in [0, 0.05) is 69.5 Å². The van der Waals surface area contributed by atoms with Crippen LogP contribution in [0.1, 0.15) is 50.0 Å². The second-order valence-corrected chi connectivity index (χ2v) is 11.5. The fourth-order valence-electron chi connectivity index (χ4n) is 5.66. The van der Waals surface area contributed by atoms with Crippen LogP contribution in [0, 0.1) is 11.6 Å². The number of aromatic nitrogens is 2. The van der Waals surface area contributed by atoms with Crippen molar-refractivity contribution in [3.8, 4) is 0 Å². The van der Waals surface area contributed by atoms with E-state index in [2.05, 4.69) is 23.6 Å². The number of nitrogens with zero attached hydrogens (tertiary/aromatic N) is 6. The zero-order valence-electron chi connectivity index (χ0n) is 24.4. The van der Waals surface area contributed by atoms with Crippen molar-refractivity contribution in [2.75, 3.05) is 62.3 Å². The molecule has 0 spiro atoms. The Morgan fingerprint density at radius 3 is 2.37 bits per heavy atom. The maximum Gasteiger partial charge on any atom is 0.254 e. The van der Waals surface area contributed by atoms with Crippen molar-refractivity contribution in [2.24, 2.45) is 0 Å². The third-order valence-electron chi connectivity index (χ3n) is 7.95. The van der Waals surface area contributed by atoms with Crippen molar-refractivity contribution in [3.05, 3.63) is 59.3 Å². The Hall–Kier alpha value is -3.37. The van der Waals surface area contributed by atoms with Gasteiger partial charge in [-0.3, -0.25) is 14.7 Å². The van der Waals surface area contributed by atoms with Gasteiger partial charge in [0.05, 0.1) is 30.6 Å². The average molecular weight is 567 g/mol. The molecule has 0 atom stereocenters. The highest BCUT2D eigenvalue weighted by Crippen LogP contribution is 2.32. The van der Waals surface area contributed by atoms with Crippen LogP contribution in [-0.2, 0) is 11.3 Å². The van der Waals surface area contributed by atoms with Gasteiger partial charge in [-0.15, -0.1) is 0 Å². The zero-order valence-corrected chi connectivity index (χ0v) is 24.4. The van der Waals surface area contributed by atoms with Crippen LogP contribution in [0.15, 0.2) is 36.5 Å². The second kappa shape index (κ2) is 12.7. The number of benzene rings is 2. The fraction of sp³-hybridized carbons (Fsp3) is 0.516. The lowest BCUT2D eigenvalue weighted by molar-refractivity contribution is 0.0759. The summed E-state index contributed by atoms with van der Waals surface area (Å²) in [7, 11) is 0. The van der Waals surface area contributed by atoms with Crippen molar-refractivity contribution in [2.45, 2.75) is 52.7 Å². The first kappa shape index (κ1) is 29.1. The number of morpholine rings is 1. The van der Waals surface area contributed by atoms with Crippen LogP contribution < -0.4 is 9.80 Å². The van der Waals surface area contributed by atoms with Crippen LogP contribution in [0.25, 0.3) is 11.0 Å². The monoisotopic (exact) mass is 566 g/mol. The Morgan fingerprint density at radius 1 is 0.951 bits per heavy atom. The van der Waals surface area contributed by atoms with Gasteiger partial charge < -0.3 is 19.4 Å². The highest BCUT2D eigenvalue weighted by molar-refractivity contribution is 6.01. The first-order chi connectivity index (χ1) is 19.7. The van der Waals surface area contributed by atoms with E-state index < -0.39 is 11.6 Å².